The minimum atomic E-state index is -0.580. The van der Waals surface area contributed by atoms with Crippen molar-refractivity contribution in [2.24, 2.45) is 0 Å². The fourth-order valence-corrected chi connectivity index (χ4v) is 1.86. The van der Waals surface area contributed by atoms with E-state index in [1.165, 1.54) is 54.7 Å². The number of anilines is 1. The molecule has 0 fully saturated rings. The second kappa shape index (κ2) is 6.82. The average molecular weight is 321 g/mol. The zero-order chi connectivity index (χ0) is 16.1. The van der Waals surface area contributed by atoms with Gasteiger partial charge in [-0.15, -0.1) is 0 Å². The lowest BCUT2D eigenvalue weighted by atomic mass is 10.1. The molecule has 0 saturated heterocycles. The van der Waals surface area contributed by atoms with Crippen LogP contribution in [0.15, 0.2) is 54.7 Å². The Bertz CT molecular complexity index is 745. The van der Waals surface area contributed by atoms with Crippen molar-refractivity contribution in [2.45, 2.75) is 0 Å². The van der Waals surface area contributed by atoms with Crippen molar-refractivity contribution in [3.8, 4) is 0 Å². The molecule has 2 aromatic carbocycles. The number of allylic oxidation sites excluding steroid dienone is 1. The zero-order valence-electron chi connectivity index (χ0n) is 11.1. The van der Waals surface area contributed by atoms with Crippen molar-refractivity contribution in [3.63, 3.8) is 0 Å². The van der Waals surface area contributed by atoms with Gasteiger partial charge in [0.05, 0.1) is 4.92 Å². The summed E-state index contributed by atoms with van der Waals surface area (Å²) in [5.41, 5.74) is 0.314. The van der Waals surface area contributed by atoms with Gasteiger partial charge in [-0.2, -0.15) is 0 Å². The summed E-state index contributed by atoms with van der Waals surface area (Å²) < 4.78 is 12.8. The van der Waals surface area contributed by atoms with Crippen LogP contribution in [-0.4, -0.2) is 10.7 Å². The second-order valence-corrected chi connectivity index (χ2v) is 4.70. The fraction of sp³-hybridized carbons (Fsp3) is 0. The Balaban J connectivity index is 2.11. The molecule has 2 rings (SSSR count). The normalized spacial score (nSPS) is 10.6. The highest BCUT2D eigenvalue weighted by atomic mass is 35.5. The molecule has 0 aliphatic rings. The van der Waals surface area contributed by atoms with Crippen LogP contribution in [0, 0.1) is 15.9 Å². The van der Waals surface area contributed by atoms with Crippen LogP contribution < -0.4 is 5.32 Å². The fourth-order valence-electron chi connectivity index (χ4n) is 1.70. The number of hydrogen-bond acceptors (Lipinski definition) is 4. The van der Waals surface area contributed by atoms with Crippen LogP contribution in [-0.2, 0) is 0 Å². The Morgan fingerprint density at radius 2 is 1.91 bits per heavy atom. The van der Waals surface area contributed by atoms with Gasteiger partial charge < -0.3 is 5.32 Å². The molecule has 0 aromatic heterocycles. The van der Waals surface area contributed by atoms with E-state index >= 15 is 0 Å². The van der Waals surface area contributed by atoms with Crippen molar-refractivity contribution in [3.05, 3.63) is 81.3 Å². The number of nitro groups is 1. The van der Waals surface area contributed by atoms with Gasteiger partial charge in [0.2, 0.25) is 0 Å². The Kier molecular flexibility index (Phi) is 4.85. The number of nitrogens with one attached hydrogen (secondary N) is 1. The molecule has 0 radical (unpaired) electrons. The van der Waals surface area contributed by atoms with Crippen LogP contribution in [0.3, 0.4) is 0 Å². The molecule has 0 atom stereocenters. The van der Waals surface area contributed by atoms with Crippen LogP contribution in [0.4, 0.5) is 15.8 Å². The van der Waals surface area contributed by atoms with Crippen LogP contribution >= 0.6 is 11.6 Å². The molecule has 112 valence electrons. The lowest BCUT2D eigenvalue weighted by Crippen LogP contribution is -1.98. The van der Waals surface area contributed by atoms with E-state index in [4.69, 9.17) is 11.6 Å². The molecule has 7 heteroatoms. The second-order valence-electron chi connectivity index (χ2n) is 4.27. The Morgan fingerprint density at radius 3 is 2.55 bits per heavy atom. The SMILES string of the molecule is O=C(/C=C\Nc1ccc(Cl)cc1[N+](=O)[O-])c1ccc(F)cc1. The van der Waals surface area contributed by atoms with Gasteiger partial charge in [0.1, 0.15) is 11.5 Å². The van der Waals surface area contributed by atoms with E-state index in [9.17, 15) is 19.3 Å². The molecule has 1 N–H and O–H groups in total. The summed E-state index contributed by atoms with van der Waals surface area (Å²) in [7, 11) is 0. The van der Waals surface area contributed by atoms with Gasteiger partial charge in [-0.05, 0) is 36.4 Å². The molecule has 5 nitrogen and oxygen atoms in total. The molecule has 2 aromatic rings. The lowest BCUT2D eigenvalue weighted by Gasteiger charge is -2.02. The first kappa shape index (κ1) is 15.7. The molecular weight excluding hydrogens is 311 g/mol. The number of benzene rings is 2. The average Bonchev–Trinajstić information content (AvgIpc) is 2.49. The summed E-state index contributed by atoms with van der Waals surface area (Å²) >= 11 is 5.70. The van der Waals surface area contributed by atoms with E-state index in [-0.39, 0.29) is 22.2 Å². The third-order valence-corrected chi connectivity index (χ3v) is 2.99. The largest absolute Gasteiger partial charge is 0.356 e. The molecule has 0 saturated carbocycles. The van der Waals surface area contributed by atoms with Gasteiger partial charge in [0, 0.05) is 28.9 Å². The topological polar surface area (TPSA) is 72.2 Å². The molecule has 0 unspecified atom stereocenters. The van der Waals surface area contributed by atoms with E-state index in [0.29, 0.717) is 5.56 Å². The van der Waals surface area contributed by atoms with Gasteiger partial charge >= 0.3 is 0 Å². The number of nitro benzene ring substituents is 1. The Hall–Kier alpha value is -2.73. The number of hydrogen-bond donors (Lipinski definition) is 1. The van der Waals surface area contributed by atoms with E-state index in [1.54, 1.807) is 0 Å². The lowest BCUT2D eigenvalue weighted by molar-refractivity contribution is -0.383. The van der Waals surface area contributed by atoms with Gasteiger partial charge in [0.25, 0.3) is 5.69 Å². The van der Waals surface area contributed by atoms with E-state index in [2.05, 4.69) is 5.32 Å². The smallest absolute Gasteiger partial charge is 0.294 e. The molecule has 22 heavy (non-hydrogen) atoms. The highest BCUT2D eigenvalue weighted by Crippen LogP contribution is 2.27. The number of carbonyl (C=O) groups excluding carboxylic acids is 1. The predicted octanol–water partition coefficient (Wildman–Crippen LogP) is 4.20. The van der Waals surface area contributed by atoms with Gasteiger partial charge in [-0.3, -0.25) is 14.9 Å². The standard InChI is InChI=1S/C15H10ClFN2O3/c16-11-3-6-13(14(9-11)19(21)22)18-8-7-15(20)10-1-4-12(17)5-2-10/h1-9,18H/b8-7-. The summed E-state index contributed by atoms with van der Waals surface area (Å²) in [6.45, 7) is 0. The summed E-state index contributed by atoms with van der Waals surface area (Å²) in [6, 6.07) is 9.20. The number of halogens is 2. The minimum Gasteiger partial charge on any atom is -0.356 e. The molecule has 0 amide bonds. The Labute approximate surface area is 130 Å². The van der Waals surface area contributed by atoms with Crippen molar-refractivity contribution < 1.29 is 14.1 Å². The number of carbonyl (C=O) groups is 1. The van der Waals surface area contributed by atoms with Crippen LogP contribution in [0.5, 0.6) is 0 Å². The monoisotopic (exact) mass is 320 g/mol. The first-order chi connectivity index (χ1) is 10.5. The number of ketones is 1. The highest BCUT2D eigenvalue weighted by Gasteiger charge is 2.13. The molecule has 0 heterocycles. The van der Waals surface area contributed by atoms with E-state index in [1.807, 2.05) is 0 Å². The quantitative estimate of drug-likeness (QED) is 0.388. The highest BCUT2D eigenvalue weighted by molar-refractivity contribution is 6.30. The van der Waals surface area contributed by atoms with Gasteiger partial charge in [-0.25, -0.2) is 4.39 Å². The van der Waals surface area contributed by atoms with Crippen molar-refractivity contribution >= 4 is 28.8 Å². The van der Waals surface area contributed by atoms with Crippen molar-refractivity contribution in [1.82, 2.24) is 0 Å². The van der Waals surface area contributed by atoms with Crippen LogP contribution in [0.25, 0.3) is 0 Å². The number of rotatable bonds is 5. The summed E-state index contributed by atoms with van der Waals surface area (Å²) in [5, 5.41) is 13.8. The first-order valence-corrected chi connectivity index (χ1v) is 6.52. The van der Waals surface area contributed by atoms with Crippen LogP contribution in [0.1, 0.15) is 10.4 Å². The summed E-state index contributed by atoms with van der Waals surface area (Å²) in [6.07, 6.45) is 2.48. The van der Waals surface area contributed by atoms with E-state index < -0.39 is 10.7 Å². The third-order valence-electron chi connectivity index (χ3n) is 2.76. The summed E-state index contributed by atoms with van der Waals surface area (Å²) in [5.74, 6) is -0.792. The minimum absolute atomic E-state index is 0.202. The first-order valence-electron chi connectivity index (χ1n) is 6.14. The van der Waals surface area contributed by atoms with Gasteiger partial charge in [0.15, 0.2) is 5.78 Å². The molecular formula is C15H10ClFN2O3. The Morgan fingerprint density at radius 1 is 1.23 bits per heavy atom. The maximum absolute atomic E-state index is 12.8. The molecule has 0 spiro atoms. The van der Waals surface area contributed by atoms with Crippen LogP contribution in [0.2, 0.25) is 5.02 Å². The van der Waals surface area contributed by atoms with Crippen molar-refractivity contribution in [1.29, 1.82) is 0 Å². The maximum atomic E-state index is 12.8. The van der Waals surface area contributed by atoms with Gasteiger partial charge in [-0.1, -0.05) is 11.6 Å². The molecule has 0 aliphatic carbocycles. The van der Waals surface area contributed by atoms with E-state index in [0.717, 1.165) is 0 Å². The molecule has 0 bridgehead atoms. The third kappa shape index (κ3) is 3.89. The number of nitrogens with zero attached hydrogens (tertiary/aromatic N) is 1. The molecule has 0 aliphatic heterocycles. The zero-order valence-corrected chi connectivity index (χ0v) is 11.9. The maximum Gasteiger partial charge on any atom is 0.294 e. The van der Waals surface area contributed by atoms with Crippen molar-refractivity contribution in [2.75, 3.05) is 5.32 Å². The summed E-state index contributed by atoms with van der Waals surface area (Å²) in [4.78, 5) is 22.1. The predicted molar refractivity (Wildman–Crippen MR) is 81.6 cm³/mol.